The first-order valence-electron chi connectivity index (χ1n) is 8.10. The van der Waals surface area contributed by atoms with Crippen molar-refractivity contribution >= 4 is 23.4 Å². The molecule has 1 aliphatic heterocycles. The molecule has 0 saturated carbocycles. The number of anilines is 1. The quantitative estimate of drug-likeness (QED) is 0.639. The van der Waals surface area contributed by atoms with Gasteiger partial charge in [0.15, 0.2) is 0 Å². The van der Waals surface area contributed by atoms with Crippen LogP contribution in [0.25, 0.3) is 0 Å². The summed E-state index contributed by atoms with van der Waals surface area (Å²) in [5.41, 5.74) is 0.832. The molecule has 2 rings (SSSR count). The molecule has 1 saturated heterocycles. The molecule has 1 aromatic rings. The van der Waals surface area contributed by atoms with Gasteiger partial charge >= 0.3 is 6.09 Å². The van der Waals surface area contributed by atoms with Gasteiger partial charge in [0, 0.05) is 32.2 Å². The molecule has 1 fully saturated rings. The maximum atomic E-state index is 12.2. The third-order valence-electron chi connectivity index (χ3n) is 4.04. The van der Waals surface area contributed by atoms with Crippen molar-refractivity contribution in [3.8, 4) is 0 Å². The molecule has 0 radical (unpaired) electrons. The topological polar surface area (TPSA) is 105 Å². The molecule has 0 spiro atoms. The van der Waals surface area contributed by atoms with Crippen molar-refractivity contribution in [3.63, 3.8) is 0 Å². The lowest BCUT2D eigenvalue weighted by atomic mass is 10.1. The number of nitrogens with zero attached hydrogens (tertiary/aromatic N) is 3. The van der Waals surface area contributed by atoms with Crippen molar-refractivity contribution < 1.29 is 19.2 Å². The molecule has 0 unspecified atom stereocenters. The Morgan fingerprint density at radius 3 is 2.56 bits per heavy atom. The van der Waals surface area contributed by atoms with Crippen molar-refractivity contribution in [2.75, 3.05) is 44.6 Å². The molecule has 25 heavy (non-hydrogen) atoms. The third kappa shape index (κ3) is 4.90. The van der Waals surface area contributed by atoms with Gasteiger partial charge in [0.1, 0.15) is 0 Å². The van der Waals surface area contributed by atoms with Crippen molar-refractivity contribution in [2.45, 2.75) is 13.8 Å². The zero-order valence-corrected chi connectivity index (χ0v) is 14.4. The highest BCUT2D eigenvalue weighted by atomic mass is 16.6. The average Bonchev–Trinajstić information content (AvgIpc) is 2.57. The fraction of sp³-hybridized carbons (Fsp3) is 0.500. The first-order valence-corrected chi connectivity index (χ1v) is 8.10. The molecular weight excluding hydrogens is 328 g/mol. The van der Waals surface area contributed by atoms with Gasteiger partial charge in [-0.25, -0.2) is 4.79 Å². The van der Waals surface area contributed by atoms with E-state index in [1.54, 1.807) is 30.9 Å². The summed E-state index contributed by atoms with van der Waals surface area (Å²) < 4.78 is 4.95. The SMILES string of the molecule is CCOC(=O)N1CCN(CC(=O)Nc2cccc([N+](=O)[O-])c2C)CC1. The van der Waals surface area contributed by atoms with Crippen LogP contribution in [0.15, 0.2) is 18.2 Å². The van der Waals surface area contributed by atoms with Gasteiger partial charge in [-0.2, -0.15) is 0 Å². The normalized spacial score (nSPS) is 14.9. The van der Waals surface area contributed by atoms with Crippen molar-refractivity contribution in [1.82, 2.24) is 9.80 Å². The van der Waals surface area contributed by atoms with E-state index in [-0.39, 0.29) is 24.2 Å². The van der Waals surface area contributed by atoms with Crippen molar-refractivity contribution in [1.29, 1.82) is 0 Å². The highest BCUT2D eigenvalue weighted by Gasteiger charge is 2.23. The van der Waals surface area contributed by atoms with E-state index in [2.05, 4.69) is 5.32 Å². The molecule has 0 aromatic heterocycles. The summed E-state index contributed by atoms with van der Waals surface area (Å²) in [6.45, 7) is 6.01. The molecule has 9 nitrogen and oxygen atoms in total. The minimum absolute atomic E-state index is 0.0270. The zero-order valence-electron chi connectivity index (χ0n) is 14.4. The molecule has 136 valence electrons. The number of hydrogen-bond acceptors (Lipinski definition) is 6. The first kappa shape index (κ1) is 18.7. The lowest BCUT2D eigenvalue weighted by Gasteiger charge is -2.33. The van der Waals surface area contributed by atoms with Gasteiger partial charge in [-0.15, -0.1) is 0 Å². The molecule has 1 heterocycles. The number of benzene rings is 1. The predicted molar refractivity (Wildman–Crippen MR) is 91.5 cm³/mol. The molecule has 0 bridgehead atoms. The second kappa shape index (κ2) is 8.43. The summed E-state index contributed by atoms with van der Waals surface area (Å²) in [6, 6.07) is 4.58. The Morgan fingerprint density at radius 2 is 1.96 bits per heavy atom. The van der Waals surface area contributed by atoms with E-state index in [0.717, 1.165) is 0 Å². The van der Waals surface area contributed by atoms with Crippen molar-refractivity contribution in [2.24, 2.45) is 0 Å². The van der Waals surface area contributed by atoms with Crippen LogP contribution in [-0.4, -0.2) is 66.1 Å². The maximum Gasteiger partial charge on any atom is 0.409 e. The minimum atomic E-state index is -0.473. The average molecular weight is 350 g/mol. The Kier molecular flexibility index (Phi) is 6.29. The van der Waals surface area contributed by atoms with Gasteiger partial charge in [-0.05, 0) is 19.9 Å². The summed E-state index contributed by atoms with van der Waals surface area (Å²) in [5, 5.41) is 13.7. The van der Waals surface area contributed by atoms with Crippen LogP contribution < -0.4 is 5.32 Å². The van der Waals surface area contributed by atoms with E-state index in [4.69, 9.17) is 4.74 Å². The van der Waals surface area contributed by atoms with Crippen LogP contribution in [0.1, 0.15) is 12.5 Å². The summed E-state index contributed by atoms with van der Waals surface area (Å²) >= 11 is 0. The van der Waals surface area contributed by atoms with Crippen LogP contribution in [0.5, 0.6) is 0 Å². The third-order valence-corrected chi connectivity index (χ3v) is 4.04. The lowest BCUT2D eigenvalue weighted by molar-refractivity contribution is -0.385. The Balaban J connectivity index is 1.87. The van der Waals surface area contributed by atoms with E-state index in [0.29, 0.717) is 44.0 Å². The number of hydrogen-bond donors (Lipinski definition) is 1. The first-order chi connectivity index (χ1) is 11.9. The molecule has 0 atom stereocenters. The monoisotopic (exact) mass is 350 g/mol. The van der Waals surface area contributed by atoms with Crippen LogP contribution in [-0.2, 0) is 9.53 Å². The molecule has 0 aliphatic carbocycles. The van der Waals surface area contributed by atoms with Gasteiger partial charge in [0.05, 0.1) is 29.3 Å². The Morgan fingerprint density at radius 1 is 1.28 bits per heavy atom. The smallest absolute Gasteiger partial charge is 0.409 e. The fourth-order valence-corrected chi connectivity index (χ4v) is 2.65. The van der Waals surface area contributed by atoms with Gasteiger partial charge in [0.25, 0.3) is 5.69 Å². The number of carbonyl (C=O) groups excluding carboxylic acids is 2. The lowest BCUT2D eigenvalue weighted by Crippen LogP contribution is -2.50. The Hall–Kier alpha value is -2.68. The molecule has 9 heteroatoms. The van der Waals surface area contributed by atoms with E-state index >= 15 is 0 Å². The highest BCUT2D eigenvalue weighted by molar-refractivity contribution is 5.93. The molecular formula is C16H22N4O5. The zero-order chi connectivity index (χ0) is 18.4. The number of nitrogens with one attached hydrogen (secondary N) is 1. The second-order valence-corrected chi connectivity index (χ2v) is 5.72. The van der Waals surface area contributed by atoms with Crippen LogP contribution in [0.3, 0.4) is 0 Å². The van der Waals surface area contributed by atoms with E-state index < -0.39 is 4.92 Å². The minimum Gasteiger partial charge on any atom is -0.450 e. The van der Waals surface area contributed by atoms with Gasteiger partial charge in [-0.3, -0.25) is 19.8 Å². The Labute approximate surface area is 145 Å². The summed E-state index contributed by atoms with van der Waals surface area (Å²) in [7, 11) is 0. The number of ether oxygens (including phenoxy) is 1. The van der Waals surface area contributed by atoms with Gasteiger partial charge in [-0.1, -0.05) is 6.07 Å². The molecule has 2 amide bonds. The van der Waals surface area contributed by atoms with Gasteiger partial charge in [0.2, 0.25) is 5.91 Å². The van der Waals surface area contributed by atoms with E-state index in [1.165, 1.54) is 6.07 Å². The molecule has 1 N–H and O–H groups in total. The predicted octanol–water partition coefficient (Wildman–Crippen LogP) is 1.62. The maximum absolute atomic E-state index is 12.2. The van der Waals surface area contributed by atoms with Gasteiger partial charge < -0.3 is 15.0 Å². The number of rotatable bonds is 5. The van der Waals surface area contributed by atoms with Crippen LogP contribution >= 0.6 is 0 Å². The largest absolute Gasteiger partial charge is 0.450 e. The van der Waals surface area contributed by atoms with E-state index in [1.807, 2.05) is 4.90 Å². The number of piperazine rings is 1. The summed E-state index contributed by atoms with van der Waals surface area (Å²) in [5.74, 6) is -0.242. The fourth-order valence-electron chi connectivity index (χ4n) is 2.65. The summed E-state index contributed by atoms with van der Waals surface area (Å²) in [4.78, 5) is 37.9. The van der Waals surface area contributed by atoms with Crippen LogP contribution in [0.2, 0.25) is 0 Å². The number of nitro groups is 1. The highest BCUT2D eigenvalue weighted by Crippen LogP contribution is 2.24. The molecule has 1 aliphatic rings. The van der Waals surface area contributed by atoms with Crippen LogP contribution in [0, 0.1) is 17.0 Å². The standard InChI is InChI=1S/C16H22N4O5/c1-3-25-16(22)19-9-7-18(8-10-19)11-15(21)17-13-5-4-6-14(12(13)2)20(23)24/h4-6H,3,7-11H2,1-2H3,(H,17,21). The molecule has 1 aromatic carbocycles. The number of amides is 2. The van der Waals surface area contributed by atoms with Crippen molar-refractivity contribution in [3.05, 3.63) is 33.9 Å². The number of nitro benzene ring substituents is 1. The number of carbonyl (C=O) groups is 2. The Bertz CT molecular complexity index is 656. The van der Waals surface area contributed by atoms with E-state index in [9.17, 15) is 19.7 Å². The van der Waals surface area contributed by atoms with Crippen LogP contribution in [0.4, 0.5) is 16.2 Å². The summed E-state index contributed by atoms with van der Waals surface area (Å²) in [6.07, 6.45) is -0.334. The second-order valence-electron chi connectivity index (χ2n) is 5.72.